The lowest BCUT2D eigenvalue weighted by Crippen LogP contribution is -2.31. The van der Waals surface area contributed by atoms with Crippen molar-refractivity contribution in [3.05, 3.63) is 35.3 Å². The first kappa shape index (κ1) is 18.8. The molecule has 7 heteroatoms. The molecule has 0 bridgehead atoms. The van der Waals surface area contributed by atoms with Crippen LogP contribution in [0.5, 0.6) is 0 Å². The van der Waals surface area contributed by atoms with Gasteiger partial charge in [-0.15, -0.1) is 0 Å². The molecule has 0 unspecified atom stereocenters. The van der Waals surface area contributed by atoms with Gasteiger partial charge in [0.05, 0.1) is 34.8 Å². The maximum atomic E-state index is 5.38. The third kappa shape index (κ3) is 2.86. The van der Waals surface area contributed by atoms with Crippen LogP contribution in [0.25, 0.3) is 33.1 Å². The van der Waals surface area contributed by atoms with E-state index in [-0.39, 0.29) is 0 Å². The zero-order chi connectivity index (χ0) is 21.1. The van der Waals surface area contributed by atoms with Crippen LogP contribution < -0.4 is 4.90 Å². The summed E-state index contributed by atoms with van der Waals surface area (Å²) in [5.74, 6) is 0. The number of benzene rings is 1. The smallest absolute Gasteiger partial charge is 0.0954 e. The van der Waals surface area contributed by atoms with E-state index in [0.29, 0.717) is 6.04 Å². The van der Waals surface area contributed by atoms with Gasteiger partial charge < -0.3 is 9.80 Å². The van der Waals surface area contributed by atoms with Crippen molar-refractivity contribution in [2.75, 3.05) is 32.1 Å². The number of nitrogens with zero attached hydrogens (tertiary/aromatic N) is 5. The molecule has 4 aromatic rings. The minimum absolute atomic E-state index is 0.570. The maximum absolute atomic E-state index is 5.38. The van der Waals surface area contributed by atoms with Crippen molar-refractivity contribution in [3.63, 3.8) is 0 Å². The van der Waals surface area contributed by atoms with Crippen LogP contribution in [0.2, 0.25) is 0 Å². The molecule has 31 heavy (non-hydrogen) atoms. The first-order chi connectivity index (χ1) is 15.1. The molecule has 4 heterocycles. The number of hydrogen-bond acceptors (Lipinski definition) is 5. The largest absolute Gasteiger partial charge is 0.368 e. The topological polar surface area (TPSA) is 76.7 Å². The third-order valence-corrected chi connectivity index (χ3v) is 7.30. The van der Waals surface area contributed by atoms with E-state index < -0.39 is 0 Å². The number of aromatic nitrogens is 5. The number of aromatic amines is 2. The molecule has 1 aliphatic carbocycles. The van der Waals surface area contributed by atoms with E-state index in [0.717, 1.165) is 53.9 Å². The van der Waals surface area contributed by atoms with Gasteiger partial charge >= 0.3 is 0 Å². The van der Waals surface area contributed by atoms with E-state index >= 15 is 0 Å². The minimum Gasteiger partial charge on any atom is -0.368 e. The molecule has 0 spiro atoms. The van der Waals surface area contributed by atoms with E-state index in [2.05, 4.69) is 57.3 Å². The molecule has 7 nitrogen and oxygen atoms in total. The average Bonchev–Trinajstić information content (AvgIpc) is 3.52. The van der Waals surface area contributed by atoms with E-state index in [1.807, 2.05) is 12.4 Å². The minimum atomic E-state index is 0.570. The molecule has 1 atom stereocenters. The quantitative estimate of drug-likeness (QED) is 0.532. The van der Waals surface area contributed by atoms with Crippen LogP contribution in [0.1, 0.15) is 36.1 Å². The van der Waals surface area contributed by atoms with Gasteiger partial charge in [-0.2, -0.15) is 10.2 Å². The molecule has 0 amide bonds. The average molecular weight is 416 g/mol. The molecule has 2 aliphatic rings. The molecule has 6 rings (SSSR count). The molecule has 2 N–H and O–H groups in total. The summed E-state index contributed by atoms with van der Waals surface area (Å²) < 4.78 is 0. The predicted octanol–water partition coefficient (Wildman–Crippen LogP) is 3.83. The Morgan fingerprint density at radius 1 is 1.06 bits per heavy atom. The van der Waals surface area contributed by atoms with Crippen molar-refractivity contribution in [1.82, 2.24) is 30.3 Å². The SMILES string of the molecule is Cc1[nH]ncc1-c1nc2c(N3CC[C@@H](N(C)C)C3)cc3[nH]ncc3c2c2c1CCCC2. The highest BCUT2D eigenvalue weighted by atomic mass is 15.2. The number of hydrogen-bond donors (Lipinski definition) is 2. The fourth-order valence-electron chi connectivity index (χ4n) is 5.54. The van der Waals surface area contributed by atoms with Crippen LogP contribution >= 0.6 is 0 Å². The fourth-order valence-corrected chi connectivity index (χ4v) is 5.54. The van der Waals surface area contributed by atoms with Gasteiger partial charge in [0, 0.05) is 41.2 Å². The molecule has 3 aromatic heterocycles. The number of anilines is 1. The monoisotopic (exact) mass is 415 g/mol. The van der Waals surface area contributed by atoms with Gasteiger partial charge in [0.25, 0.3) is 0 Å². The number of likely N-dealkylation sites (N-methyl/N-ethyl adjacent to an activating group) is 1. The highest BCUT2D eigenvalue weighted by Crippen LogP contribution is 2.42. The van der Waals surface area contributed by atoms with Crippen molar-refractivity contribution >= 4 is 27.5 Å². The van der Waals surface area contributed by atoms with E-state index in [4.69, 9.17) is 4.98 Å². The first-order valence-electron chi connectivity index (χ1n) is 11.3. The Morgan fingerprint density at radius 3 is 2.61 bits per heavy atom. The van der Waals surface area contributed by atoms with Crippen LogP contribution in [0.4, 0.5) is 5.69 Å². The lowest BCUT2D eigenvalue weighted by atomic mass is 9.85. The summed E-state index contributed by atoms with van der Waals surface area (Å²) in [5, 5.41) is 17.6. The predicted molar refractivity (Wildman–Crippen MR) is 125 cm³/mol. The van der Waals surface area contributed by atoms with E-state index in [1.54, 1.807) is 0 Å². The Hall–Kier alpha value is -2.93. The summed E-state index contributed by atoms with van der Waals surface area (Å²) in [5.41, 5.74) is 9.64. The summed E-state index contributed by atoms with van der Waals surface area (Å²) in [7, 11) is 4.36. The van der Waals surface area contributed by atoms with Gasteiger partial charge in [-0.1, -0.05) is 0 Å². The molecular weight excluding hydrogens is 386 g/mol. The molecule has 160 valence electrons. The summed E-state index contributed by atoms with van der Waals surface area (Å²) in [6.45, 7) is 4.17. The number of nitrogens with one attached hydrogen (secondary N) is 2. The lowest BCUT2D eigenvalue weighted by molar-refractivity contribution is 0.315. The van der Waals surface area contributed by atoms with Gasteiger partial charge in [0.1, 0.15) is 0 Å². The summed E-state index contributed by atoms with van der Waals surface area (Å²) >= 11 is 0. The molecule has 1 aliphatic heterocycles. The van der Waals surface area contributed by atoms with Crippen molar-refractivity contribution in [2.45, 2.75) is 45.1 Å². The van der Waals surface area contributed by atoms with Crippen LogP contribution in [-0.4, -0.2) is 63.5 Å². The number of rotatable bonds is 3. The van der Waals surface area contributed by atoms with Gasteiger partial charge in [-0.3, -0.25) is 10.2 Å². The van der Waals surface area contributed by atoms with Crippen molar-refractivity contribution in [2.24, 2.45) is 0 Å². The number of H-pyrrole nitrogens is 2. The lowest BCUT2D eigenvalue weighted by Gasteiger charge is -2.26. The Morgan fingerprint density at radius 2 is 1.87 bits per heavy atom. The molecule has 0 saturated carbocycles. The Kier molecular flexibility index (Phi) is 4.28. The van der Waals surface area contributed by atoms with Gasteiger partial charge in [0.15, 0.2) is 0 Å². The standard InChI is InChI=1S/C24H29N7/c1-14-18(11-25-28-14)23-17-7-5-4-6-16(17)22-19-12-26-29-20(19)10-21(24(22)27-23)31-9-8-15(13-31)30(2)3/h10-12,15H,4-9,13H2,1-3H3,(H,25,28)(H,26,29)/t15-/m1/s1. The zero-order valence-corrected chi connectivity index (χ0v) is 18.5. The number of aryl methyl sites for hydroxylation is 2. The van der Waals surface area contributed by atoms with Gasteiger partial charge in [0.2, 0.25) is 0 Å². The Balaban J connectivity index is 1.66. The molecule has 1 saturated heterocycles. The van der Waals surface area contributed by atoms with Crippen LogP contribution in [0.15, 0.2) is 18.5 Å². The fraction of sp³-hybridized carbons (Fsp3) is 0.458. The first-order valence-corrected chi connectivity index (χ1v) is 11.3. The van der Waals surface area contributed by atoms with E-state index in [1.165, 1.54) is 46.8 Å². The van der Waals surface area contributed by atoms with Crippen LogP contribution in [0.3, 0.4) is 0 Å². The summed E-state index contributed by atoms with van der Waals surface area (Å²) in [6.07, 6.45) is 9.71. The molecule has 1 aromatic carbocycles. The highest BCUT2D eigenvalue weighted by molar-refractivity contribution is 6.13. The normalized spacial score (nSPS) is 19.1. The second-order valence-electron chi connectivity index (χ2n) is 9.34. The summed E-state index contributed by atoms with van der Waals surface area (Å²) in [4.78, 5) is 10.2. The number of fused-ring (bicyclic) bond motifs is 5. The Bertz CT molecular complexity index is 1280. The second-order valence-corrected chi connectivity index (χ2v) is 9.34. The maximum Gasteiger partial charge on any atom is 0.0954 e. The summed E-state index contributed by atoms with van der Waals surface area (Å²) in [6, 6.07) is 2.83. The molecule has 1 fully saturated rings. The van der Waals surface area contributed by atoms with Gasteiger partial charge in [-0.25, -0.2) is 4.98 Å². The zero-order valence-electron chi connectivity index (χ0n) is 18.5. The second kappa shape index (κ2) is 7.05. The van der Waals surface area contributed by atoms with E-state index in [9.17, 15) is 0 Å². The van der Waals surface area contributed by atoms with Crippen LogP contribution in [0, 0.1) is 6.92 Å². The highest BCUT2D eigenvalue weighted by Gasteiger charge is 2.29. The molecule has 0 radical (unpaired) electrons. The number of pyridine rings is 1. The van der Waals surface area contributed by atoms with Crippen molar-refractivity contribution in [1.29, 1.82) is 0 Å². The third-order valence-electron chi connectivity index (χ3n) is 7.30. The van der Waals surface area contributed by atoms with Gasteiger partial charge in [-0.05, 0) is 70.3 Å². The van der Waals surface area contributed by atoms with Crippen LogP contribution in [-0.2, 0) is 12.8 Å². The Labute approximate surface area is 181 Å². The molecular formula is C24H29N7. The van der Waals surface area contributed by atoms with Crippen molar-refractivity contribution in [3.8, 4) is 11.3 Å². The van der Waals surface area contributed by atoms with Crippen molar-refractivity contribution < 1.29 is 0 Å².